The Morgan fingerprint density at radius 1 is 1.19 bits per heavy atom. The van der Waals surface area contributed by atoms with E-state index in [1.54, 1.807) is 42.5 Å². The van der Waals surface area contributed by atoms with Gasteiger partial charge in [-0.3, -0.25) is 9.78 Å². The van der Waals surface area contributed by atoms with E-state index in [0.717, 1.165) is 5.56 Å². The third-order valence-electron chi connectivity index (χ3n) is 2.61. The van der Waals surface area contributed by atoms with Crippen LogP contribution in [0.15, 0.2) is 53.8 Å². The highest BCUT2D eigenvalue weighted by Crippen LogP contribution is 2.03. The van der Waals surface area contributed by atoms with E-state index in [1.165, 1.54) is 19.5 Å². The number of hydrogen-bond acceptors (Lipinski definition) is 5. The summed E-state index contributed by atoms with van der Waals surface area (Å²) >= 11 is 0. The van der Waals surface area contributed by atoms with Crippen LogP contribution >= 0.6 is 0 Å². The molecule has 0 atom stereocenters. The summed E-state index contributed by atoms with van der Waals surface area (Å²) in [5.41, 5.74) is 3.85. The number of ether oxygens (including phenoxy) is 1. The first-order valence-corrected chi connectivity index (χ1v) is 6.13. The molecule has 0 aliphatic heterocycles. The summed E-state index contributed by atoms with van der Waals surface area (Å²) in [6, 6.07) is 11.7. The molecular formula is C15H13N3O3. The van der Waals surface area contributed by atoms with Gasteiger partial charge < -0.3 is 4.74 Å². The minimum atomic E-state index is -0.401. The van der Waals surface area contributed by atoms with Gasteiger partial charge in [-0.1, -0.05) is 18.2 Å². The predicted molar refractivity (Wildman–Crippen MR) is 77.1 cm³/mol. The number of hydrogen-bond donors (Lipinski definition) is 1. The molecule has 1 heterocycles. The fourth-order valence-electron chi connectivity index (χ4n) is 1.54. The first-order valence-electron chi connectivity index (χ1n) is 6.13. The number of nitrogens with one attached hydrogen (secondary N) is 1. The number of carbonyl (C=O) groups excluding carboxylic acids is 2. The maximum atomic E-state index is 11.7. The Kier molecular flexibility index (Phi) is 4.76. The second-order valence-electron chi connectivity index (χ2n) is 4.03. The van der Waals surface area contributed by atoms with Crippen LogP contribution in [0.2, 0.25) is 0 Å². The van der Waals surface area contributed by atoms with Crippen molar-refractivity contribution in [1.82, 2.24) is 10.4 Å². The fraction of sp³-hybridized carbons (Fsp3) is 0.0667. The second kappa shape index (κ2) is 6.95. The molecule has 0 spiro atoms. The van der Waals surface area contributed by atoms with Crippen LogP contribution in [-0.4, -0.2) is 30.2 Å². The monoisotopic (exact) mass is 283 g/mol. The largest absolute Gasteiger partial charge is 0.465 e. The van der Waals surface area contributed by atoms with Crippen molar-refractivity contribution in [2.75, 3.05) is 7.11 Å². The molecule has 0 radical (unpaired) electrons. The molecular weight excluding hydrogens is 270 g/mol. The molecule has 0 bridgehead atoms. The van der Waals surface area contributed by atoms with Crippen molar-refractivity contribution >= 4 is 18.1 Å². The van der Waals surface area contributed by atoms with E-state index in [9.17, 15) is 9.59 Å². The lowest BCUT2D eigenvalue weighted by Crippen LogP contribution is -2.18. The maximum Gasteiger partial charge on any atom is 0.337 e. The van der Waals surface area contributed by atoms with E-state index in [0.29, 0.717) is 5.56 Å². The minimum absolute atomic E-state index is 0.288. The molecule has 21 heavy (non-hydrogen) atoms. The third-order valence-corrected chi connectivity index (χ3v) is 2.61. The van der Waals surface area contributed by atoms with Gasteiger partial charge in [-0.05, 0) is 29.8 Å². The number of methoxy groups -OCH3 is 1. The number of rotatable bonds is 4. The van der Waals surface area contributed by atoms with Crippen molar-refractivity contribution < 1.29 is 14.3 Å². The Labute approximate surface area is 121 Å². The maximum absolute atomic E-state index is 11.7. The third kappa shape index (κ3) is 3.97. The van der Waals surface area contributed by atoms with E-state index in [4.69, 9.17) is 0 Å². The number of pyridine rings is 1. The molecule has 2 aromatic rings. The Hall–Kier alpha value is -3.02. The quantitative estimate of drug-likeness (QED) is 0.525. The summed E-state index contributed by atoms with van der Waals surface area (Å²) in [6.45, 7) is 0. The van der Waals surface area contributed by atoms with Gasteiger partial charge in [0.05, 0.1) is 18.9 Å². The van der Waals surface area contributed by atoms with E-state index in [1.807, 2.05) is 0 Å². The highest BCUT2D eigenvalue weighted by atomic mass is 16.5. The lowest BCUT2D eigenvalue weighted by molar-refractivity contribution is 0.0600. The van der Waals surface area contributed by atoms with Gasteiger partial charge in [0.25, 0.3) is 5.91 Å². The molecule has 0 fully saturated rings. The molecule has 6 heteroatoms. The van der Waals surface area contributed by atoms with Crippen molar-refractivity contribution in [2.45, 2.75) is 0 Å². The summed E-state index contributed by atoms with van der Waals surface area (Å²) < 4.78 is 4.60. The molecule has 2 rings (SSSR count). The van der Waals surface area contributed by atoms with Crippen molar-refractivity contribution in [3.8, 4) is 0 Å². The Balaban J connectivity index is 1.95. The van der Waals surface area contributed by atoms with Gasteiger partial charge in [-0.15, -0.1) is 0 Å². The standard InChI is InChI=1S/C15H13N3O3/c1-21-15(20)12-7-5-11(6-8-12)10-17-18-14(19)13-4-2-3-9-16-13/h2-10H,1H3,(H,18,19)/b17-10+. The van der Waals surface area contributed by atoms with Crippen LogP contribution in [0.25, 0.3) is 0 Å². The Morgan fingerprint density at radius 3 is 2.57 bits per heavy atom. The Bertz CT molecular complexity index is 652. The average molecular weight is 283 g/mol. The number of hydrazone groups is 1. The molecule has 1 N–H and O–H groups in total. The summed E-state index contributed by atoms with van der Waals surface area (Å²) in [5.74, 6) is -0.792. The van der Waals surface area contributed by atoms with Crippen LogP contribution in [0.3, 0.4) is 0 Å². The lowest BCUT2D eigenvalue weighted by Gasteiger charge is -2.00. The smallest absolute Gasteiger partial charge is 0.337 e. The predicted octanol–water partition coefficient (Wildman–Crippen LogP) is 1.63. The molecule has 0 saturated heterocycles. The molecule has 0 unspecified atom stereocenters. The zero-order chi connectivity index (χ0) is 15.1. The lowest BCUT2D eigenvalue weighted by atomic mass is 10.1. The van der Waals surface area contributed by atoms with Gasteiger partial charge in [-0.2, -0.15) is 5.10 Å². The number of nitrogens with zero attached hydrogens (tertiary/aromatic N) is 2. The molecule has 106 valence electrons. The number of amides is 1. The van der Waals surface area contributed by atoms with E-state index in [2.05, 4.69) is 20.2 Å². The van der Waals surface area contributed by atoms with Crippen LogP contribution < -0.4 is 5.43 Å². The number of aromatic nitrogens is 1. The first-order chi connectivity index (χ1) is 10.2. The molecule has 0 aliphatic rings. The van der Waals surface area contributed by atoms with Crippen molar-refractivity contribution in [2.24, 2.45) is 5.10 Å². The van der Waals surface area contributed by atoms with Crippen LogP contribution in [0.4, 0.5) is 0 Å². The first kappa shape index (κ1) is 14.4. The van der Waals surface area contributed by atoms with Gasteiger partial charge in [0.15, 0.2) is 0 Å². The minimum Gasteiger partial charge on any atom is -0.465 e. The fourth-order valence-corrected chi connectivity index (χ4v) is 1.54. The van der Waals surface area contributed by atoms with Crippen LogP contribution in [-0.2, 0) is 4.74 Å². The average Bonchev–Trinajstić information content (AvgIpc) is 2.55. The normalized spacial score (nSPS) is 10.3. The number of esters is 1. The zero-order valence-electron chi connectivity index (χ0n) is 11.3. The highest BCUT2D eigenvalue weighted by molar-refractivity contribution is 5.93. The van der Waals surface area contributed by atoms with Gasteiger partial charge in [-0.25, -0.2) is 10.2 Å². The molecule has 1 aromatic carbocycles. The van der Waals surface area contributed by atoms with Crippen molar-refractivity contribution in [3.63, 3.8) is 0 Å². The van der Waals surface area contributed by atoms with Gasteiger partial charge >= 0.3 is 5.97 Å². The van der Waals surface area contributed by atoms with Crippen molar-refractivity contribution in [1.29, 1.82) is 0 Å². The van der Waals surface area contributed by atoms with Crippen LogP contribution in [0, 0.1) is 0 Å². The summed E-state index contributed by atoms with van der Waals surface area (Å²) in [4.78, 5) is 26.8. The molecule has 1 aromatic heterocycles. The topological polar surface area (TPSA) is 80.6 Å². The molecule has 1 amide bonds. The summed E-state index contributed by atoms with van der Waals surface area (Å²) in [7, 11) is 1.32. The summed E-state index contributed by atoms with van der Waals surface area (Å²) in [5, 5.41) is 3.83. The molecule has 0 aliphatic carbocycles. The van der Waals surface area contributed by atoms with Crippen LogP contribution in [0.5, 0.6) is 0 Å². The number of carbonyl (C=O) groups is 2. The zero-order valence-corrected chi connectivity index (χ0v) is 11.3. The second-order valence-corrected chi connectivity index (χ2v) is 4.03. The van der Waals surface area contributed by atoms with Gasteiger partial charge in [0.2, 0.25) is 0 Å². The van der Waals surface area contributed by atoms with Crippen LogP contribution in [0.1, 0.15) is 26.4 Å². The van der Waals surface area contributed by atoms with Gasteiger partial charge in [0, 0.05) is 6.20 Å². The summed E-state index contributed by atoms with van der Waals surface area (Å²) in [6.07, 6.45) is 3.01. The van der Waals surface area contributed by atoms with Crippen molar-refractivity contribution in [3.05, 3.63) is 65.5 Å². The van der Waals surface area contributed by atoms with Gasteiger partial charge in [0.1, 0.15) is 5.69 Å². The number of benzene rings is 1. The highest BCUT2D eigenvalue weighted by Gasteiger charge is 2.04. The Morgan fingerprint density at radius 2 is 1.95 bits per heavy atom. The van der Waals surface area contributed by atoms with E-state index >= 15 is 0 Å². The molecule has 6 nitrogen and oxygen atoms in total. The van der Waals surface area contributed by atoms with E-state index < -0.39 is 11.9 Å². The molecule has 0 saturated carbocycles. The SMILES string of the molecule is COC(=O)c1ccc(/C=N/NC(=O)c2ccccn2)cc1. The van der Waals surface area contributed by atoms with E-state index in [-0.39, 0.29) is 5.69 Å².